The van der Waals surface area contributed by atoms with Gasteiger partial charge in [-0.2, -0.15) is 5.10 Å². The second-order valence-corrected chi connectivity index (χ2v) is 19.0. The van der Waals surface area contributed by atoms with Gasteiger partial charge in [-0.25, -0.2) is 0 Å². The van der Waals surface area contributed by atoms with Crippen molar-refractivity contribution < 1.29 is 52.5 Å². The highest BCUT2D eigenvalue weighted by Crippen LogP contribution is 2.34. The molecule has 0 saturated carbocycles. The van der Waals surface area contributed by atoms with Crippen molar-refractivity contribution in [2.45, 2.75) is 77.1 Å². The minimum absolute atomic E-state index is 0.0131. The summed E-state index contributed by atoms with van der Waals surface area (Å²) in [6.07, 6.45) is 10.3. The molecule has 3 atom stereocenters. The molecule has 8 rings (SSSR count). The van der Waals surface area contributed by atoms with Crippen molar-refractivity contribution in [3.8, 4) is 16.9 Å². The van der Waals surface area contributed by atoms with Crippen LogP contribution in [0.2, 0.25) is 0 Å². The molecule has 0 bridgehead atoms. The summed E-state index contributed by atoms with van der Waals surface area (Å²) in [6, 6.07) is 11.5. The van der Waals surface area contributed by atoms with Gasteiger partial charge in [-0.15, -0.1) is 5.01 Å². The van der Waals surface area contributed by atoms with Crippen LogP contribution in [-0.2, 0) is 39.9 Å². The molecular weight excluding hydrogens is 915 g/mol. The van der Waals surface area contributed by atoms with Crippen molar-refractivity contribution >= 4 is 29.5 Å². The number of hydrogen-bond donors (Lipinski definition) is 3. The van der Waals surface area contributed by atoms with Gasteiger partial charge in [-0.1, -0.05) is 43.3 Å². The maximum absolute atomic E-state index is 14.4. The zero-order chi connectivity index (χ0) is 49.9. The lowest BCUT2D eigenvalue weighted by atomic mass is 9.96. The fourth-order valence-electron chi connectivity index (χ4n) is 9.62. The Kier molecular flexibility index (Phi) is 16.9. The number of aromatic nitrogens is 2. The summed E-state index contributed by atoms with van der Waals surface area (Å²) in [5.74, 6) is -1.18. The summed E-state index contributed by atoms with van der Waals surface area (Å²) in [5.41, 5.74) is 3.22. The molecule has 0 radical (unpaired) electrons. The lowest BCUT2D eigenvalue weighted by Gasteiger charge is -2.37. The predicted molar refractivity (Wildman–Crippen MR) is 258 cm³/mol. The maximum atomic E-state index is 14.4. The molecule has 3 saturated heterocycles. The SMILES string of the molecule is CC1C=C(N2CCC[C@@H]([N+](=O)N(CCOCCOCCOCCOc3cccc4c3C(=O)N(C3CCC(=O)NC3=O)C4=O)Cc3ccc(-c4cn[nH]c4)cc3)C2)C=C(OC(C)(C)C(=O)N2CCNCC2)C1. The van der Waals surface area contributed by atoms with E-state index in [1.165, 1.54) is 6.07 Å². The van der Waals surface area contributed by atoms with E-state index in [1.807, 2.05) is 60.3 Å². The summed E-state index contributed by atoms with van der Waals surface area (Å²) < 4.78 is 29.7. The first kappa shape index (κ1) is 50.9. The third-order valence-electron chi connectivity index (χ3n) is 13.2. The van der Waals surface area contributed by atoms with Crippen molar-refractivity contribution in [1.82, 2.24) is 40.5 Å². The monoisotopic (exact) mass is 980 g/mol. The molecule has 71 heavy (non-hydrogen) atoms. The number of piperidine rings is 2. The Morgan fingerprint density at radius 3 is 2.34 bits per heavy atom. The molecule has 380 valence electrons. The number of nitroso groups, excluding NO2 is 1. The normalized spacial score (nSPS) is 20.6. The number of piperazine rings is 1. The van der Waals surface area contributed by atoms with Crippen LogP contribution in [0.15, 0.2) is 78.5 Å². The lowest BCUT2D eigenvalue weighted by Crippen LogP contribution is -2.54. The van der Waals surface area contributed by atoms with Gasteiger partial charge in [0.1, 0.15) is 42.1 Å². The van der Waals surface area contributed by atoms with Gasteiger partial charge in [0.15, 0.2) is 5.60 Å². The minimum atomic E-state index is -1.06. The van der Waals surface area contributed by atoms with E-state index < -0.39 is 35.3 Å². The molecule has 20 nitrogen and oxygen atoms in total. The third kappa shape index (κ3) is 12.7. The van der Waals surface area contributed by atoms with Crippen molar-refractivity contribution in [2.75, 3.05) is 92.1 Å². The number of nitrogens with one attached hydrogen (secondary N) is 3. The van der Waals surface area contributed by atoms with E-state index in [2.05, 4.69) is 38.7 Å². The fraction of sp³-hybridized carbons (Fsp3) is 0.529. The van der Waals surface area contributed by atoms with Crippen LogP contribution in [0.25, 0.3) is 11.1 Å². The summed E-state index contributed by atoms with van der Waals surface area (Å²) in [7, 11) is 0. The van der Waals surface area contributed by atoms with Crippen LogP contribution >= 0.6 is 0 Å². The number of ether oxygens (including phenoxy) is 5. The predicted octanol–water partition coefficient (Wildman–Crippen LogP) is 3.60. The number of benzene rings is 2. The fourth-order valence-corrected chi connectivity index (χ4v) is 9.62. The molecule has 3 fully saturated rings. The molecule has 3 aromatic rings. The molecule has 5 heterocycles. The average molecular weight is 981 g/mol. The van der Waals surface area contributed by atoms with Gasteiger partial charge in [-0.05, 0) is 61.9 Å². The number of likely N-dealkylation sites (tertiary alicyclic amines) is 1. The van der Waals surface area contributed by atoms with Crippen molar-refractivity contribution in [1.29, 1.82) is 0 Å². The van der Waals surface area contributed by atoms with E-state index in [-0.39, 0.29) is 67.4 Å². The Morgan fingerprint density at radius 2 is 1.62 bits per heavy atom. The molecule has 5 aliphatic rings. The molecule has 2 unspecified atom stereocenters. The quantitative estimate of drug-likeness (QED) is 0.0536. The highest BCUT2D eigenvalue weighted by molar-refractivity contribution is 6.24. The van der Waals surface area contributed by atoms with Crippen LogP contribution in [0, 0.1) is 10.8 Å². The Hall–Kier alpha value is -6.48. The molecule has 3 N–H and O–H groups in total. The van der Waals surface area contributed by atoms with E-state index in [0.29, 0.717) is 65.6 Å². The number of allylic oxidation sites excluding steroid dienone is 3. The number of H-pyrrole nitrogens is 1. The topological polar surface area (TPSA) is 217 Å². The van der Waals surface area contributed by atoms with Gasteiger partial charge in [0.05, 0.1) is 68.4 Å². The van der Waals surface area contributed by atoms with Crippen LogP contribution in [0.3, 0.4) is 0 Å². The summed E-state index contributed by atoms with van der Waals surface area (Å²) in [5, 5.41) is 14.2. The zero-order valence-corrected chi connectivity index (χ0v) is 40.9. The first-order valence-corrected chi connectivity index (χ1v) is 24.7. The van der Waals surface area contributed by atoms with Crippen LogP contribution < -0.4 is 15.4 Å². The highest BCUT2D eigenvalue weighted by atomic mass is 16.6. The Morgan fingerprint density at radius 1 is 0.887 bits per heavy atom. The standard InChI is InChI=1S/C51H65N9O11/c1-35-28-40(30-41(29-35)71-51(2,3)50(65)56-18-15-52-16-19-56)57-17-5-6-39(34-57)60(66)58(33-36-9-11-37(12-10-36)38-31-53-54-32-38)20-21-67-22-23-68-24-25-69-26-27-70-44-8-4-7-42-46(44)49(64)59(48(42)63)43-13-14-45(61)55-47(43)62/h4,7-12,28,30-32,35,39,43,52H,5-6,13-27,29,33-34H2,1-3H3,(H-,53,54,55,61,62)/p+1/t35?,39-,43?/m1/s1. The van der Waals surface area contributed by atoms with E-state index >= 15 is 0 Å². The number of hydrogen-bond acceptors (Lipinski definition) is 14. The van der Waals surface area contributed by atoms with E-state index in [0.717, 1.165) is 70.4 Å². The number of carbonyl (C=O) groups excluding carboxylic acids is 5. The van der Waals surface area contributed by atoms with Crippen molar-refractivity contribution in [2.24, 2.45) is 5.92 Å². The van der Waals surface area contributed by atoms with Gasteiger partial charge in [0.2, 0.25) is 11.8 Å². The zero-order valence-electron chi connectivity index (χ0n) is 40.9. The Labute approximate surface area is 413 Å². The maximum Gasteiger partial charge on any atom is 0.266 e. The first-order chi connectivity index (χ1) is 34.4. The smallest absolute Gasteiger partial charge is 0.266 e. The Bertz CT molecular complexity index is 2450. The van der Waals surface area contributed by atoms with Gasteiger partial charge in [-0.3, -0.25) is 39.3 Å². The summed E-state index contributed by atoms with van der Waals surface area (Å²) in [6.45, 7) is 12.6. The highest BCUT2D eigenvalue weighted by Gasteiger charge is 2.46. The second kappa shape index (κ2) is 23.6. The van der Waals surface area contributed by atoms with E-state index in [1.54, 1.807) is 18.3 Å². The van der Waals surface area contributed by atoms with Crippen LogP contribution in [-0.4, -0.2) is 174 Å². The number of rotatable bonds is 23. The number of imide groups is 2. The first-order valence-electron chi connectivity index (χ1n) is 24.7. The van der Waals surface area contributed by atoms with Gasteiger partial charge >= 0.3 is 0 Å². The molecule has 4 aliphatic heterocycles. The van der Waals surface area contributed by atoms with Crippen LogP contribution in [0.5, 0.6) is 5.75 Å². The number of fused-ring (bicyclic) bond motifs is 1. The second-order valence-electron chi connectivity index (χ2n) is 19.0. The molecule has 20 heteroatoms. The van der Waals surface area contributed by atoms with Gasteiger partial charge in [0.25, 0.3) is 23.8 Å². The largest absolute Gasteiger partial charge is 0.490 e. The van der Waals surface area contributed by atoms with Crippen LogP contribution in [0.1, 0.15) is 79.2 Å². The third-order valence-corrected chi connectivity index (χ3v) is 13.2. The molecular formula is C51H66N9O11+. The summed E-state index contributed by atoms with van der Waals surface area (Å²) >= 11 is 0. The number of nitrogens with zero attached hydrogens (tertiary/aromatic N) is 6. The molecule has 2 aromatic carbocycles. The van der Waals surface area contributed by atoms with Gasteiger partial charge in [0, 0.05) is 69.4 Å². The van der Waals surface area contributed by atoms with Crippen LogP contribution in [0.4, 0.5) is 0 Å². The summed E-state index contributed by atoms with van der Waals surface area (Å²) in [4.78, 5) is 84.6. The van der Waals surface area contributed by atoms with E-state index in [9.17, 15) is 28.9 Å². The molecule has 5 amide bonds. The van der Waals surface area contributed by atoms with Crippen molar-refractivity contribution in [3.05, 3.63) is 100 Å². The number of amides is 5. The lowest BCUT2D eigenvalue weighted by molar-refractivity contribution is -0.740. The van der Waals surface area contributed by atoms with Gasteiger partial charge < -0.3 is 38.8 Å². The van der Waals surface area contributed by atoms with Crippen molar-refractivity contribution in [3.63, 3.8) is 0 Å². The number of aromatic amines is 1. The molecule has 0 spiro atoms. The Balaban J connectivity index is 0.786. The molecule has 1 aromatic heterocycles. The molecule has 1 aliphatic carbocycles. The number of hydrazine groups is 1. The van der Waals surface area contributed by atoms with E-state index in [4.69, 9.17) is 23.7 Å². The average Bonchev–Trinajstić information content (AvgIpc) is 4.00. The number of carbonyl (C=O) groups is 5. The minimum Gasteiger partial charge on any atom is -0.490 e.